The van der Waals surface area contributed by atoms with Crippen LogP contribution in [0.4, 0.5) is 13.2 Å². The lowest BCUT2D eigenvalue weighted by Gasteiger charge is -2.07. The fourth-order valence-electron chi connectivity index (χ4n) is 1.36. The number of nitrogens with zero attached hydrogens (tertiary/aromatic N) is 1. The summed E-state index contributed by atoms with van der Waals surface area (Å²) >= 11 is 8.63. The predicted molar refractivity (Wildman–Crippen MR) is 64.1 cm³/mol. The van der Waals surface area contributed by atoms with Crippen molar-refractivity contribution in [3.8, 4) is 0 Å². The molecular weight excluding hydrogens is 350 g/mol. The van der Waals surface area contributed by atoms with Gasteiger partial charge in [0.1, 0.15) is 10.8 Å². The Hall–Kier alpha value is -1.34. The van der Waals surface area contributed by atoms with Crippen molar-refractivity contribution in [2.45, 2.75) is 6.18 Å². The Labute approximate surface area is 118 Å². The summed E-state index contributed by atoms with van der Waals surface area (Å²) in [5.41, 5.74) is -1.12. The number of furan rings is 1. The summed E-state index contributed by atoms with van der Waals surface area (Å²) in [7, 11) is 0. The summed E-state index contributed by atoms with van der Waals surface area (Å²) in [6, 6.07) is 3.06. The number of carbonyl (C=O) groups excluding carboxylic acids is 1. The average Bonchev–Trinajstić information content (AvgIpc) is 2.73. The van der Waals surface area contributed by atoms with Gasteiger partial charge in [0, 0.05) is 0 Å². The van der Waals surface area contributed by atoms with E-state index in [0.29, 0.717) is 6.07 Å². The first-order valence-corrected chi connectivity index (χ1v) is 5.99. The number of halogens is 5. The molecule has 2 heterocycles. The van der Waals surface area contributed by atoms with Gasteiger partial charge in [-0.05, 0) is 34.1 Å². The van der Waals surface area contributed by atoms with Gasteiger partial charge in [0.05, 0.1) is 17.4 Å². The molecule has 0 unspecified atom stereocenters. The molecule has 0 spiro atoms. The lowest BCUT2D eigenvalue weighted by molar-refractivity contribution is -0.141. The van der Waals surface area contributed by atoms with Gasteiger partial charge in [0.15, 0.2) is 4.67 Å². The molecule has 0 N–H and O–H groups in total. The summed E-state index contributed by atoms with van der Waals surface area (Å²) in [5, 5.41) is -0.507. The lowest BCUT2D eigenvalue weighted by atomic mass is 10.1. The molecule has 0 bridgehead atoms. The molecule has 0 amide bonds. The summed E-state index contributed by atoms with van der Waals surface area (Å²) in [5.74, 6) is -0.577. The van der Waals surface area contributed by atoms with Crippen LogP contribution in [0.1, 0.15) is 21.6 Å². The van der Waals surface area contributed by atoms with Crippen molar-refractivity contribution in [3.05, 3.63) is 51.1 Å². The molecule has 3 nitrogen and oxygen atoms in total. The maximum absolute atomic E-state index is 12.4. The fraction of sp³-hybridized carbons (Fsp3) is 0.0909. The molecule has 100 valence electrons. The summed E-state index contributed by atoms with van der Waals surface area (Å²) in [6.45, 7) is 0. The van der Waals surface area contributed by atoms with Crippen LogP contribution in [0, 0.1) is 0 Å². The minimum atomic E-state index is -4.61. The zero-order valence-electron chi connectivity index (χ0n) is 8.96. The number of hydrogen-bond donors (Lipinski definition) is 0. The molecule has 0 aliphatic rings. The Morgan fingerprint density at radius 3 is 2.42 bits per heavy atom. The van der Waals surface area contributed by atoms with Crippen molar-refractivity contribution in [2.24, 2.45) is 0 Å². The molecule has 0 radical (unpaired) electrons. The Kier molecular flexibility index (Phi) is 3.69. The fourth-order valence-corrected chi connectivity index (χ4v) is 2.02. The molecule has 2 aromatic heterocycles. The maximum atomic E-state index is 12.4. The van der Waals surface area contributed by atoms with Crippen molar-refractivity contribution in [1.29, 1.82) is 0 Å². The zero-order valence-corrected chi connectivity index (χ0v) is 11.3. The number of hydrogen-bond acceptors (Lipinski definition) is 3. The SMILES string of the molecule is O=C(c1ccc(C(F)(F)F)nc1Cl)c1ccoc1Br. The second-order valence-electron chi connectivity index (χ2n) is 3.47. The quantitative estimate of drug-likeness (QED) is 0.595. The molecule has 0 fully saturated rings. The van der Waals surface area contributed by atoms with E-state index in [0.717, 1.165) is 6.07 Å². The molecule has 19 heavy (non-hydrogen) atoms. The standard InChI is InChI=1S/C11H4BrClF3NO2/c12-9-5(3-4-19-9)8(18)6-1-2-7(11(14,15)16)17-10(6)13/h1-4H. The smallest absolute Gasteiger partial charge is 0.433 e. The Morgan fingerprint density at radius 1 is 1.26 bits per heavy atom. The van der Waals surface area contributed by atoms with Gasteiger partial charge in [-0.25, -0.2) is 4.98 Å². The van der Waals surface area contributed by atoms with E-state index in [4.69, 9.17) is 16.0 Å². The monoisotopic (exact) mass is 353 g/mol. The third-order valence-electron chi connectivity index (χ3n) is 2.25. The molecule has 0 atom stereocenters. The number of rotatable bonds is 2. The molecule has 0 aliphatic carbocycles. The first-order valence-electron chi connectivity index (χ1n) is 4.82. The normalized spacial score (nSPS) is 11.6. The van der Waals surface area contributed by atoms with E-state index in [1.165, 1.54) is 12.3 Å². The van der Waals surface area contributed by atoms with Crippen LogP contribution in [-0.2, 0) is 6.18 Å². The van der Waals surface area contributed by atoms with Gasteiger partial charge in [0.25, 0.3) is 0 Å². The molecule has 0 saturated carbocycles. The lowest BCUT2D eigenvalue weighted by Crippen LogP contribution is -2.10. The average molecular weight is 355 g/mol. The highest BCUT2D eigenvalue weighted by atomic mass is 79.9. The molecule has 2 rings (SSSR count). The third kappa shape index (κ3) is 2.82. The maximum Gasteiger partial charge on any atom is 0.433 e. The van der Waals surface area contributed by atoms with Gasteiger partial charge in [-0.1, -0.05) is 11.6 Å². The van der Waals surface area contributed by atoms with Crippen molar-refractivity contribution in [1.82, 2.24) is 4.98 Å². The van der Waals surface area contributed by atoms with Crippen LogP contribution < -0.4 is 0 Å². The minimum absolute atomic E-state index is 0.128. The van der Waals surface area contributed by atoms with E-state index in [-0.39, 0.29) is 15.8 Å². The van der Waals surface area contributed by atoms with Gasteiger partial charge in [-0.3, -0.25) is 4.79 Å². The highest BCUT2D eigenvalue weighted by molar-refractivity contribution is 9.10. The van der Waals surface area contributed by atoms with E-state index < -0.39 is 22.8 Å². The Bertz CT molecular complexity index is 639. The van der Waals surface area contributed by atoms with Crippen LogP contribution in [0.5, 0.6) is 0 Å². The van der Waals surface area contributed by atoms with Crippen LogP contribution in [0.25, 0.3) is 0 Å². The van der Waals surface area contributed by atoms with E-state index in [9.17, 15) is 18.0 Å². The first kappa shape index (κ1) is 14.1. The Morgan fingerprint density at radius 2 is 1.95 bits per heavy atom. The van der Waals surface area contributed by atoms with E-state index >= 15 is 0 Å². The van der Waals surface area contributed by atoms with Gasteiger partial charge in [-0.15, -0.1) is 0 Å². The topological polar surface area (TPSA) is 43.1 Å². The number of ketones is 1. The molecule has 0 aromatic carbocycles. The van der Waals surface area contributed by atoms with Crippen molar-refractivity contribution >= 4 is 33.3 Å². The highest BCUT2D eigenvalue weighted by Gasteiger charge is 2.33. The molecule has 2 aromatic rings. The van der Waals surface area contributed by atoms with Crippen LogP contribution in [0.2, 0.25) is 5.15 Å². The van der Waals surface area contributed by atoms with E-state index in [2.05, 4.69) is 20.9 Å². The van der Waals surface area contributed by atoms with Crippen LogP contribution in [0.15, 0.2) is 33.5 Å². The van der Waals surface area contributed by atoms with E-state index in [1.54, 1.807) is 0 Å². The van der Waals surface area contributed by atoms with Gasteiger partial charge in [-0.2, -0.15) is 13.2 Å². The third-order valence-corrected chi connectivity index (χ3v) is 3.15. The Balaban J connectivity index is 2.43. The van der Waals surface area contributed by atoms with Gasteiger partial charge < -0.3 is 4.42 Å². The second-order valence-corrected chi connectivity index (χ2v) is 4.55. The number of pyridine rings is 1. The minimum Gasteiger partial charge on any atom is -0.457 e. The predicted octanol–water partition coefficient (Wildman–Crippen LogP) is 4.34. The summed E-state index contributed by atoms with van der Waals surface area (Å²) < 4.78 is 42.3. The molecule has 0 saturated heterocycles. The summed E-state index contributed by atoms with van der Waals surface area (Å²) in [6.07, 6.45) is -3.34. The van der Waals surface area contributed by atoms with Crippen LogP contribution in [0.3, 0.4) is 0 Å². The number of alkyl halides is 3. The molecular formula is C11H4BrClF3NO2. The molecule has 8 heteroatoms. The number of carbonyl (C=O) groups is 1. The number of aromatic nitrogens is 1. The zero-order chi connectivity index (χ0) is 14.2. The second kappa shape index (κ2) is 4.97. The van der Waals surface area contributed by atoms with Gasteiger partial charge in [0.2, 0.25) is 5.78 Å². The van der Waals surface area contributed by atoms with Crippen molar-refractivity contribution < 1.29 is 22.4 Å². The van der Waals surface area contributed by atoms with Crippen molar-refractivity contribution in [2.75, 3.05) is 0 Å². The van der Waals surface area contributed by atoms with Crippen molar-refractivity contribution in [3.63, 3.8) is 0 Å². The largest absolute Gasteiger partial charge is 0.457 e. The van der Waals surface area contributed by atoms with E-state index in [1.807, 2.05) is 0 Å². The summed E-state index contributed by atoms with van der Waals surface area (Å²) in [4.78, 5) is 15.2. The van der Waals surface area contributed by atoms with Gasteiger partial charge >= 0.3 is 6.18 Å². The molecule has 0 aliphatic heterocycles. The first-order chi connectivity index (χ1) is 8.80. The highest BCUT2D eigenvalue weighted by Crippen LogP contribution is 2.30. The van der Waals surface area contributed by atoms with Crippen LogP contribution in [-0.4, -0.2) is 10.8 Å². The van der Waals surface area contributed by atoms with Crippen LogP contribution >= 0.6 is 27.5 Å².